The molecule has 0 radical (unpaired) electrons. The normalized spacial score (nSPS) is 24.1. The number of halogens is 1. The Bertz CT molecular complexity index is 484. The van der Waals surface area contributed by atoms with E-state index in [-0.39, 0.29) is 5.41 Å². The average Bonchev–Trinajstić information content (AvgIpc) is 2.78. The first-order valence-electron chi connectivity index (χ1n) is 8.04. The van der Waals surface area contributed by atoms with E-state index >= 15 is 0 Å². The number of ether oxygens (including phenoxy) is 1. The third-order valence-corrected chi connectivity index (χ3v) is 5.67. The van der Waals surface area contributed by atoms with E-state index in [1.54, 1.807) is 0 Å². The van der Waals surface area contributed by atoms with Crippen LogP contribution in [0.15, 0.2) is 4.47 Å². The molecule has 21 heavy (non-hydrogen) atoms. The van der Waals surface area contributed by atoms with E-state index in [1.165, 1.54) is 5.69 Å². The van der Waals surface area contributed by atoms with Crippen LogP contribution in [0.25, 0.3) is 0 Å². The van der Waals surface area contributed by atoms with Crippen LogP contribution in [0, 0.1) is 5.41 Å². The molecule has 1 aromatic rings. The molecule has 1 saturated carbocycles. The van der Waals surface area contributed by atoms with Crippen molar-refractivity contribution in [1.29, 1.82) is 0 Å². The third-order valence-electron chi connectivity index (χ3n) is 4.76. The molecule has 1 aliphatic rings. The molecule has 1 N–H and O–H groups in total. The lowest BCUT2D eigenvalue weighted by Gasteiger charge is -2.52. The van der Waals surface area contributed by atoms with E-state index in [9.17, 15) is 0 Å². The lowest BCUT2D eigenvalue weighted by Crippen LogP contribution is -2.60. The largest absolute Gasteiger partial charge is 0.378 e. The van der Waals surface area contributed by atoms with Crippen LogP contribution in [0.2, 0.25) is 0 Å². The maximum atomic E-state index is 5.80. The number of nitrogens with zero attached hydrogens (tertiary/aromatic N) is 2. The van der Waals surface area contributed by atoms with Gasteiger partial charge in [0.1, 0.15) is 0 Å². The van der Waals surface area contributed by atoms with Crippen LogP contribution in [-0.2, 0) is 24.2 Å². The molecule has 0 amide bonds. The Morgan fingerprint density at radius 1 is 1.38 bits per heavy atom. The SMILES string of the molecule is CCOC1CC(NCc2c(Br)c(CC)nn2CC)C1(C)C. The number of nitrogens with one attached hydrogen (secondary N) is 1. The second-order valence-corrected chi connectivity index (χ2v) is 7.10. The molecule has 0 aromatic carbocycles. The quantitative estimate of drug-likeness (QED) is 0.811. The minimum Gasteiger partial charge on any atom is -0.378 e. The lowest BCUT2D eigenvalue weighted by atomic mass is 9.64. The lowest BCUT2D eigenvalue weighted by molar-refractivity contribution is -0.114. The zero-order chi connectivity index (χ0) is 15.6. The molecule has 0 aliphatic heterocycles. The van der Waals surface area contributed by atoms with E-state index in [1.807, 2.05) is 0 Å². The van der Waals surface area contributed by atoms with Crippen molar-refractivity contribution in [1.82, 2.24) is 15.1 Å². The van der Waals surface area contributed by atoms with Crippen LogP contribution in [-0.4, -0.2) is 28.5 Å². The summed E-state index contributed by atoms with van der Waals surface area (Å²) in [5, 5.41) is 8.35. The van der Waals surface area contributed by atoms with Gasteiger partial charge in [0.05, 0.1) is 22.0 Å². The molecule has 1 fully saturated rings. The van der Waals surface area contributed by atoms with Crippen LogP contribution in [0.1, 0.15) is 52.4 Å². The van der Waals surface area contributed by atoms with Gasteiger partial charge >= 0.3 is 0 Å². The molecule has 2 unspecified atom stereocenters. The van der Waals surface area contributed by atoms with Gasteiger partial charge in [-0.05, 0) is 42.6 Å². The minimum absolute atomic E-state index is 0.202. The molecular formula is C16H28BrN3O. The van der Waals surface area contributed by atoms with Gasteiger partial charge in [0.15, 0.2) is 0 Å². The number of aromatic nitrogens is 2. The van der Waals surface area contributed by atoms with Crippen molar-refractivity contribution >= 4 is 15.9 Å². The van der Waals surface area contributed by atoms with Gasteiger partial charge in [-0.2, -0.15) is 5.10 Å². The number of rotatable bonds is 7. The zero-order valence-electron chi connectivity index (χ0n) is 13.9. The van der Waals surface area contributed by atoms with Crippen molar-refractivity contribution in [3.05, 3.63) is 15.9 Å². The first-order valence-corrected chi connectivity index (χ1v) is 8.83. The van der Waals surface area contributed by atoms with Gasteiger partial charge in [-0.3, -0.25) is 4.68 Å². The van der Waals surface area contributed by atoms with Crippen molar-refractivity contribution in [3.63, 3.8) is 0 Å². The topological polar surface area (TPSA) is 39.1 Å². The fourth-order valence-electron chi connectivity index (χ4n) is 3.12. The smallest absolute Gasteiger partial charge is 0.0767 e. The van der Waals surface area contributed by atoms with Crippen molar-refractivity contribution in [2.24, 2.45) is 5.41 Å². The monoisotopic (exact) mass is 357 g/mol. The van der Waals surface area contributed by atoms with Crippen molar-refractivity contribution in [2.45, 2.75) is 72.7 Å². The molecular weight excluding hydrogens is 330 g/mol. The maximum Gasteiger partial charge on any atom is 0.0767 e. The molecule has 0 bridgehead atoms. The highest BCUT2D eigenvalue weighted by atomic mass is 79.9. The Kier molecular flexibility index (Phi) is 5.49. The van der Waals surface area contributed by atoms with Crippen LogP contribution >= 0.6 is 15.9 Å². The summed E-state index contributed by atoms with van der Waals surface area (Å²) in [5.74, 6) is 0. The number of aryl methyl sites for hydroxylation is 2. The summed E-state index contributed by atoms with van der Waals surface area (Å²) in [6.45, 7) is 13.5. The van der Waals surface area contributed by atoms with E-state index in [0.29, 0.717) is 12.1 Å². The van der Waals surface area contributed by atoms with Gasteiger partial charge in [-0.25, -0.2) is 0 Å². The highest BCUT2D eigenvalue weighted by molar-refractivity contribution is 9.10. The summed E-state index contributed by atoms with van der Waals surface area (Å²) in [6, 6.07) is 0.506. The second-order valence-electron chi connectivity index (χ2n) is 6.31. The number of hydrogen-bond donors (Lipinski definition) is 1. The molecule has 1 heterocycles. The van der Waals surface area contributed by atoms with E-state index in [4.69, 9.17) is 4.74 Å². The van der Waals surface area contributed by atoms with Crippen LogP contribution in [0.3, 0.4) is 0 Å². The van der Waals surface area contributed by atoms with E-state index in [0.717, 1.165) is 42.7 Å². The summed E-state index contributed by atoms with van der Waals surface area (Å²) in [4.78, 5) is 0. The predicted molar refractivity (Wildman–Crippen MR) is 89.4 cm³/mol. The second kappa shape index (κ2) is 6.80. The highest BCUT2D eigenvalue weighted by Gasteiger charge is 2.48. The van der Waals surface area contributed by atoms with Crippen LogP contribution < -0.4 is 5.32 Å². The molecule has 5 heteroatoms. The third kappa shape index (κ3) is 3.20. The van der Waals surface area contributed by atoms with Gasteiger partial charge in [-0.1, -0.05) is 20.8 Å². The molecule has 1 aliphatic carbocycles. The molecule has 0 spiro atoms. The summed E-state index contributed by atoms with van der Waals surface area (Å²) >= 11 is 3.71. The summed E-state index contributed by atoms with van der Waals surface area (Å²) in [6.07, 6.45) is 2.44. The Balaban J connectivity index is 2.00. The Morgan fingerprint density at radius 2 is 2.10 bits per heavy atom. The van der Waals surface area contributed by atoms with Crippen LogP contribution in [0.5, 0.6) is 0 Å². The van der Waals surface area contributed by atoms with E-state index in [2.05, 4.69) is 65.6 Å². The minimum atomic E-state index is 0.202. The Labute approximate surface area is 136 Å². The zero-order valence-corrected chi connectivity index (χ0v) is 15.5. The standard InChI is InChI=1S/C16H28BrN3O/c1-6-11-15(17)12(20(7-2)19-11)10-18-13-9-14(21-8-3)16(13,4)5/h13-14,18H,6-10H2,1-5H3. The van der Waals surface area contributed by atoms with Crippen molar-refractivity contribution in [2.75, 3.05) is 6.61 Å². The molecule has 2 rings (SSSR count). The fourth-order valence-corrected chi connectivity index (χ4v) is 3.83. The molecule has 1 aromatic heterocycles. The number of hydrogen-bond acceptors (Lipinski definition) is 3. The average molecular weight is 358 g/mol. The van der Waals surface area contributed by atoms with Gasteiger partial charge in [0.2, 0.25) is 0 Å². The summed E-state index contributed by atoms with van der Waals surface area (Å²) < 4.78 is 9.06. The van der Waals surface area contributed by atoms with Gasteiger partial charge in [0, 0.05) is 31.2 Å². The first-order chi connectivity index (χ1) is 9.95. The molecule has 2 atom stereocenters. The molecule has 4 nitrogen and oxygen atoms in total. The van der Waals surface area contributed by atoms with Crippen molar-refractivity contribution in [3.8, 4) is 0 Å². The fraction of sp³-hybridized carbons (Fsp3) is 0.812. The Hall–Kier alpha value is -0.390. The van der Waals surface area contributed by atoms with Gasteiger partial charge < -0.3 is 10.1 Å². The summed E-state index contributed by atoms with van der Waals surface area (Å²) in [7, 11) is 0. The first kappa shape index (κ1) is 17.0. The molecule has 120 valence electrons. The van der Waals surface area contributed by atoms with Crippen molar-refractivity contribution < 1.29 is 4.74 Å². The van der Waals surface area contributed by atoms with Gasteiger partial charge in [0.25, 0.3) is 0 Å². The maximum absolute atomic E-state index is 5.80. The van der Waals surface area contributed by atoms with E-state index < -0.39 is 0 Å². The predicted octanol–water partition coefficient (Wildman–Crippen LogP) is 3.52. The highest BCUT2D eigenvalue weighted by Crippen LogP contribution is 2.43. The molecule has 0 saturated heterocycles. The van der Waals surface area contributed by atoms with Gasteiger partial charge in [-0.15, -0.1) is 0 Å². The Morgan fingerprint density at radius 3 is 2.62 bits per heavy atom. The van der Waals surface area contributed by atoms with Crippen LogP contribution in [0.4, 0.5) is 0 Å². The summed E-state index contributed by atoms with van der Waals surface area (Å²) in [5.41, 5.74) is 2.60.